The molecule has 4 nitrogen and oxygen atoms in total. The average molecular weight is 513 g/mol. The van der Waals surface area contributed by atoms with Gasteiger partial charge in [0.1, 0.15) is 0 Å². The first-order chi connectivity index (χ1) is 19.1. The summed E-state index contributed by atoms with van der Waals surface area (Å²) >= 11 is 0. The predicted molar refractivity (Wildman–Crippen MR) is 156 cm³/mol. The number of aryl methyl sites for hydroxylation is 2. The van der Waals surface area contributed by atoms with Gasteiger partial charge in [0.25, 0.3) is 0 Å². The molecular formula is C35H28O4. The number of hydrogen-bond acceptors (Lipinski definition) is 4. The third-order valence-electron chi connectivity index (χ3n) is 8.14. The van der Waals surface area contributed by atoms with Crippen LogP contribution in [-0.2, 0) is 32.2 Å². The van der Waals surface area contributed by atoms with E-state index < -0.39 is 12.4 Å². The normalized spacial score (nSPS) is 17.1. The van der Waals surface area contributed by atoms with Gasteiger partial charge in [-0.15, -0.1) is 0 Å². The first kappa shape index (κ1) is 23.8. The van der Waals surface area contributed by atoms with Crippen LogP contribution in [0.1, 0.15) is 22.3 Å². The van der Waals surface area contributed by atoms with Gasteiger partial charge in [-0.2, -0.15) is 0 Å². The molecule has 0 N–H and O–H groups in total. The molecule has 0 aromatic heterocycles. The Labute approximate surface area is 226 Å². The van der Waals surface area contributed by atoms with Crippen LogP contribution in [0.4, 0.5) is 0 Å². The lowest BCUT2D eigenvalue weighted by Crippen LogP contribution is -2.53. The Balaban J connectivity index is 1.17. The number of carbonyl (C=O) groups is 1. The van der Waals surface area contributed by atoms with E-state index >= 15 is 0 Å². The van der Waals surface area contributed by atoms with Gasteiger partial charge in [-0.3, -0.25) is 0 Å². The molecule has 1 fully saturated rings. The van der Waals surface area contributed by atoms with Crippen LogP contribution in [0.3, 0.4) is 0 Å². The number of carbonyl (C=O) groups excluding carboxylic acids is 1. The van der Waals surface area contributed by atoms with Crippen molar-refractivity contribution in [3.63, 3.8) is 0 Å². The Bertz CT molecular complexity index is 1790. The smallest absolute Gasteiger partial charge is 0.344 e. The molecule has 2 atom stereocenters. The first-order valence-electron chi connectivity index (χ1n) is 13.3. The van der Waals surface area contributed by atoms with Gasteiger partial charge in [-0.25, -0.2) is 4.79 Å². The van der Waals surface area contributed by atoms with Crippen molar-refractivity contribution in [2.24, 2.45) is 0 Å². The minimum absolute atomic E-state index is 0.289. The molecule has 2 unspecified atom stereocenters. The molecule has 0 bridgehead atoms. The third kappa shape index (κ3) is 3.87. The molecule has 7 rings (SSSR count). The molecule has 0 aliphatic carbocycles. The van der Waals surface area contributed by atoms with E-state index in [1.54, 1.807) is 0 Å². The second kappa shape index (κ2) is 9.49. The Kier molecular flexibility index (Phi) is 5.80. The van der Waals surface area contributed by atoms with Crippen molar-refractivity contribution in [3.8, 4) is 0 Å². The van der Waals surface area contributed by atoms with Gasteiger partial charge in [0.15, 0.2) is 0 Å². The van der Waals surface area contributed by atoms with Crippen LogP contribution in [0, 0.1) is 13.8 Å². The van der Waals surface area contributed by atoms with Gasteiger partial charge in [0.2, 0.25) is 12.4 Å². The Hall–Kier alpha value is -4.25. The Morgan fingerprint density at radius 2 is 0.872 bits per heavy atom. The minimum Gasteiger partial charge on any atom is -0.430 e. The molecule has 0 spiro atoms. The fraction of sp³-hybridized carbons (Fsp3) is 0.171. The maximum Gasteiger partial charge on any atom is 0.344 e. The van der Waals surface area contributed by atoms with Crippen LogP contribution in [0.2, 0.25) is 0 Å². The molecule has 4 heteroatoms. The SMILES string of the molecule is Cc1c2ccccc2c(COC2OC(=O)C2OCc2c3ccccc3c(C)c3ccccc23)c2ccccc12. The molecule has 1 heterocycles. The highest BCUT2D eigenvalue weighted by molar-refractivity contribution is 6.06. The maximum absolute atomic E-state index is 12.5. The zero-order valence-corrected chi connectivity index (χ0v) is 21.9. The summed E-state index contributed by atoms with van der Waals surface area (Å²) < 4.78 is 17.9. The highest BCUT2D eigenvalue weighted by atomic mass is 16.8. The summed E-state index contributed by atoms with van der Waals surface area (Å²) in [6.45, 7) is 4.92. The van der Waals surface area contributed by atoms with Crippen molar-refractivity contribution >= 4 is 49.1 Å². The van der Waals surface area contributed by atoms with E-state index in [1.807, 2.05) is 24.3 Å². The van der Waals surface area contributed by atoms with Crippen molar-refractivity contribution in [3.05, 3.63) is 119 Å². The zero-order chi connectivity index (χ0) is 26.5. The summed E-state index contributed by atoms with van der Waals surface area (Å²) in [7, 11) is 0. The quantitative estimate of drug-likeness (QED) is 0.168. The highest BCUT2D eigenvalue weighted by Gasteiger charge is 2.45. The molecule has 0 radical (unpaired) electrons. The summed E-state index contributed by atoms with van der Waals surface area (Å²) in [4.78, 5) is 12.5. The fourth-order valence-electron chi connectivity index (χ4n) is 6.07. The highest BCUT2D eigenvalue weighted by Crippen LogP contribution is 2.36. The second-order valence-electron chi connectivity index (χ2n) is 10.2. The molecule has 0 saturated carbocycles. The molecule has 6 aromatic carbocycles. The van der Waals surface area contributed by atoms with E-state index in [9.17, 15) is 4.79 Å². The number of esters is 1. The topological polar surface area (TPSA) is 44.8 Å². The van der Waals surface area contributed by atoms with Crippen molar-refractivity contribution in [1.82, 2.24) is 0 Å². The predicted octanol–water partition coefficient (Wildman–Crippen LogP) is 7.90. The molecule has 39 heavy (non-hydrogen) atoms. The van der Waals surface area contributed by atoms with Crippen LogP contribution < -0.4 is 0 Å². The summed E-state index contributed by atoms with van der Waals surface area (Å²) in [5.74, 6) is -0.389. The van der Waals surface area contributed by atoms with Crippen LogP contribution in [0.25, 0.3) is 43.1 Å². The van der Waals surface area contributed by atoms with E-state index in [2.05, 4.69) is 86.6 Å². The number of ether oxygens (including phenoxy) is 3. The van der Waals surface area contributed by atoms with Gasteiger partial charge in [-0.1, -0.05) is 97.1 Å². The summed E-state index contributed by atoms with van der Waals surface area (Å²) in [5, 5.41) is 9.35. The summed E-state index contributed by atoms with van der Waals surface area (Å²) in [6, 6.07) is 33.5. The summed E-state index contributed by atoms with van der Waals surface area (Å²) in [6.07, 6.45) is -1.52. The lowest BCUT2D eigenvalue weighted by atomic mass is 9.93. The minimum atomic E-state index is -0.771. The van der Waals surface area contributed by atoms with Crippen LogP contribution in [0.15, 0.2) is 97.1 Å². The Morgan fingerprint density at radius 1 is 0.538 bits per heavy atom. The van der Waals surface area contributed by atoms with Crippen LogP contribution >= 0.6 is 0 Å². The van der Waals surface area contributed by atoms with E-state index in [-0.39, 0.29) is 12.6 Å². The lowest BCUT2D eigenvalue weighted by Gasteiger charge is -2.34. The first-order valence-corrected chi connectivity index (χ1v) is 13.3. The molecule has 192 valence electrons. The zero-order valence-electron chi connectivity index (χ0n) is 21.9. The average Bonchev–Trinajstić information content (AvgIpc) is 2.98. The molecule has 0 amide bonds. The van der Waals surface area contributed by atoms with Gasteiger partial charge in [0.05, 0.1) is 13.2 Å². The third-order valence-corrected chi connectivity index (χ3v) is 8.14. The number of hydrogen-bond donors (Lipinski definition) is 0. The molecule has 1 aliphatic rings. The largest absolute Gasteiger partial charge is 0.430 e. The fourth-order valence-corrected chi connectivity index (χ4v) is 6.07. The number of cyclic esters (lactones) is 1. The van der Waals surface area contributed by atoms with E-state index in [0.717, 1.165) is 32.7 Å². The van der Waals surface area contributed by atoms with E-state index in [1.165, 1.54) is 32.7 Å². The molecule has 6 aromatic rings. The van der Waals surface area contributed by atoms with Crippen LogP contribution in [0.5, 0.6) is 0 Å². The molecular weight excluding hydrogens is 484 g/mol. The van der Waals surface area contributed by atoms with Crippen molar-refractivity contribution in [2.75, 3.05) is 0 Å². The van der Waals surface area contributed by atoms with Crippen molar-refractivity contribution < 1.29 is 19.0 Å². The standard InChI is InChI=1S/C35H28O4/c1-21-23-11-3-7-15-27(23)31(28-16-8-4-12-24(21)28)19-37-33-34(36)39-35(33)38-20-32-29-17-9-5-13-25(29)22(2)26-14-6-10-18-30(26)32/h3-18,33,35H,19-20H2,1-2H3. The van der Waals surface area contributed by atoms with Gasteiger partial charge in [0, 0.05) is 0 Å². The van der Waals surface area contributed by atoms with Crippen LogP contribution in [-0.4, -0.2) is 18.4 Å². The Morgan fingerprint density at radius 3 is 1.23 bits per heavy atom. The van der Waals surface area contributed by atoms with Gasteiger partial charge in [-0.05, 0) is 79.2 Å². The summed E-state index contributed by atoms with van der Waals surface area (Å²) in [5.41, 5.74) is 4.65. The van der Waals surface area contributed by atoms with Crippen molar-refractivity contribution in [2.45, 2.75) is 39.5 Å². The monoisotopic (exact) mass is 512 g/mol. The van der Waals surface area contributed by atoms with Crippen molar-refractivity contribution in [1.29, 1.82) is 0 Å². The van der Waals surface area contributed by atoms with Gasteiger partial charge >= 0.3 is 5.97 Å². The number of fused-ring (bicyclic) bond motifs is 4. The van der Waals surface area contributed by atoms with E-state index in [4.69, 9.17) is 14.2 Å². The maximum atomic E-state index is 12.5. The van der Waals surface area contributed by atoms with Gasteiger partial charge < -0.3 is 14.2 Å². The number of rotatable bonds is 6. The van der Waals surface area contributed by atoms with E-state index in [0.29, 0.717) is 6.61 Å². The molecule has 1 saturated heterocycles. The second-order valence-corrected chi connectivity index (χ2v) is 10.2. The molecule has 1 aliphatic heterocycles. The lowest BCUT2D eigenvalue weighted by molar-refractivity contribution is -0.272. The number of benzene rings is 6.